The molecular formula is C11H15NO2. The molecule has 0 bridgehead atoms. The molecule has 0 aliphatic carbocycles. The second-order valence-electron chi connectivity index (χ2n) is 3.77. The first-order valence-corrected chi connectivity index (χ1v) is 5.16. The third kappa shape index (κ3) is 2.16. The third-order valence-corrected chi connectivity index (χ3v) is 2.68. The van der Waals surface area contributed by atoms with Gasteiger partial charge >= 0.3 is 0 Å². The second kappa shape index (κ2) is 4.31. The Labute approximate surface area is 83.5 Å². The molecule has 0 spiro atoms. The van der Waals surface area contributed by atoms with Crippen LogP contribution in [0.4, 0.5) is 0 Å². The van der Waals surface area contributed by atoms with Crippen LogP contribution in [0.2, 0.25) is 0 Å². The molecule has 1 aromatic rings. The molecule has 1 aliphatic rings. The Morgan fingerprint density at radius 2 is 2.43 bits per heavy atom. The molecule has 1 saturated heterocycles. The summed E-state index contributed by atoms with van der Waals surface area (Å²) in [5, 5.41) is 2.93. The molecule has 0 aromatic carbocycles. The number of nitrogens with one attached hydrogen (secondary N) is 1. The molecule has 1 amide bonds. The lowest BCUT2D eigenvalue weighted by Crippen LogP contribution is -2.29. The quantitative estimate of drug-likeness (QED) is 0.777. The van der Waals surface area contributed by atoms with E-state index in [9.17, 15) is 4.79 Å². The lowest BCUT2D eigenvalue weighted by Gasteiger charge is -2.10. The number of carbonyl (C=O) groups is 1. The summed E-state index contributed by atoms with van der Waals surface area (Å²) >= 11 is 0. The van der Waals surface area contributed by atoms with Crippen molar-refractivity contribution in [1.29, 1.82) is 0 Å². The highest BCUT2D eigenvalue weighted by atomic mass is 16.3. The van der Waals surface area contributed by atoms with Crippen LogP contribution < -0.4 is 5.32 Å². The predicted octanol–water partition coefficient (Wildman–Crippen LogP) is 1.74. The van der Waals surface area contributed by atoms with E-state index < -0.39 is 0 Å². The molecule has 0 saturated carbocycles. The fourth-order valence-electron chi connectivity index (χ4n) is 1.87. The average molecular weight is 193 g/mol. The third-order valence-electron chi connectivity index (χ3n) is 2.68. The van der Waals surface area contributed by atoms with Gasteiger partial charge in [0, 0.05) is 18.9 Å². The van der Waals surface area contributed by atoms with Crippen LogP contribution in [0.15, 0.2) is 22.8 Å². The van der Waals surface area contributed by atoms with E-state index in [0.717, 1.165) is 38.0 Å². The van der Waals surface area contributed by atoms with E-state index in [1.165, 1.54) is 0 Å². The van der Waals surface area contributed by atoms with Crippen LogP contribution in [0.3, 0.4) is 0 Å². The number of hydrogen-bond donors (Lipinski definition) is 1. The van der Waals surface area contributed by atoms with Crippen molar-refractivity contribution in [2.75, 3.05) is 6.54 Å². The van der Waals surface area contributed by atoms with Crippen LogP contribution in [0.25, 0.3) is 0 Å². The maximum atomic E-state index is 11.6. The molecule has 1 aliphatic heterocycles. The highest BCUT2D eigenvalue weighted by Crippen LogP contribution is 2.17. The standard InChI is InChI=1S/C11H15NO2/c13-11-9(4-1-2-6-12-11)8-10-5-3-7-14-10/h3,5,7,9H,1-2,4,6,8H2,(H,12,13). The van der Waals surface area contributed by atoms with Gasteiger partial charge in [-0.1, -0.05) is 6.42 Å². The summed E-state index contributed by atoms with van der Waals surface area (Å²) in [6.45, 7) is 0.827. The van der Waals surface area contributed by atoms with Crippen molar-refractivity contribution in [3.63, 3.8) is 0 Å². The largest absolute Gasteiger partial charge is 0.469 e. The van der Waals surface area contributed by atoms with E-state index >= 15 is 0 Å². The van der Waals surface area contributed by atoms with Crippen molar-refractivity contribution in [1.82, 2.24) is 5.32 Å². The summed E-state index contributed by atoms with van der Waals surface area (Å²) in [7, 11) is 0. The Balaban J connectivity index is 1.98. The molecule has 76 valence electrons. The molecule has 1 fully saturated rings. The Morgan fingerprint density at radius 1 is 1.50 bits per heavy atom. The number of rotatable bonds is 2. The van der Waals surface area contributed by atoms with Crippen LogP contribution in [0.1, 0.15) is 25.0 Å². The zero-order valence-electron chi connectivity index (χ0n) is 8.16. The molecule has 1 atom stereocenters. The number of amides is 1. The molecule has 2 rings (SSSR count). The van der Waals surface area contributed by atoms with Crippen molar-refractivity contribution in [2.24, 2.45) is 5.92 Å². The van der Waals surface area contributed by atoms with Gasteiger partial charge in [-0.15, -0.1) is 0 Å². The molecular weight excluding hydrogens is 178 g/mol. The van der Waals surface area contributed by atoms with E-state index in [1.807, 2.05) is 12.1 Å². The zero-order chi connectivity index (χ0) is 9.80. The van der Waals surface area contributed by atoms with E-state index in [0.29, 0.717) is 0 Å². The highest BCUT2D eigenvalue weighted by molar-refractivity contribution is 5.79. The van der Waals surface area contributed by atoms with Crippen LogP contribution in [0, 0.1) is 5.92 Å². The van der Waals surface area contributed by atoms with Gasteiger partial charge in [-0.05, 0) is 25.0 Å². The fourth-order valence-corrected chi connectivity index (χ4v) is 1.87. The maximum Gasteiger partial charge on any atom is 0.223 e. The average Bonchev–Trinajstić information content (AvgIpc) is 2.60. The summed E-state index contributed by atoms with van der Waals surface area (Å²) < 4.78 is 5.25. The van der Waals surface area contributed by atoms with E-state index in [-0.39, 0.29) is 11.8 Å². The van der Waals surface area contributed by atoms with E-state index in [2.05, 4.69) is 5.32 Å². The van der Waals surface area contributed by atoms with Gasteiger partial charge in [0.15, 0.2) is 0 Å². The van der Waals surface area contributed by atoms with Crippen molar-refractivity contribution in [3.8, 4) is 0 Å². The van der Waals surface area contributed by atoms with Crippen LogP contribution in [-0.2, 0) is 11.2 Å². The van der Waals surface area contributed by atoms with E-state index in [1.54, 1.807) is 6.26 Å². The SMILES string of the molecule is O=C1NCCCCC1Cc1ccco1. The van der Waals surface area contributed by atoms with Gasteiger partial charge in [-0.25, -0.2) is 0 Å². The molecule has 3 nitrogen and oxygen atoms in total. The van der Waals surface area contributed by atoms with Gasteiger partial charge in [-0.2, -0.15) is 0 Å². The molecule has 0 radical (unpaired) electrons. The molecule has 2 heterocycles. The van der Waals surface area contributed by atoms with Gasteiger partial charge in [0.05, 0.1) is 6.26 Å². The lowest BCUT2D eigenvalue weighted by atomic mass is 9.98. The maximum absolute atomic E-state index is 11.6. The molecule has 1 N–H and O–H groups in total. The lowest BCUT2D eigenvalue weighted by molar-refractivity contribution is -0.124. The monoisotopic (exact) mass is 193 g/mol. The van der Waals surface area contributed by atoms with Gasteiger partial charge in [0.25, 0.3) is 0 Å². The number of hydrogen-bond acceptors (Lipinski definition) is 2. The minimum Gasteiger partial charge on any atom is -0.469 e. The Hall–Kier alpha value is -1.25. The first-order valence-electron chi connectivity index (χ1n) is 5.16. The summed E-state index contributed by atoms with van der Waals surface area (Å²) in [6, 6.07) is 3.79. The minimum atomic E-state index is 0.101. The molecule has 1 unspecified atom stereocenters. The first-order chi connectivity index (χ1) is 6.86. The predicted molar refractivity (Wildman–Crippen MR) is 52.8 cm³/mol. The highest BCUT2D eigenvalue weighted by Gasteiger charge is 2.21. The van der Waals surface area contributed by atoms with Gasteiger partial charge in [-0.3, -0.25) is 4.79 Å². The summed E-state index contributed by atoms with van der Waals surface area (Å²) in [5.74, 6) is 1.19. The van der Waals surface area contributed by atoms with Crippen LogP contribution >= 0.6 is 0 Å². The zero-order valence-corrected chi connectivity index (χ0v) is 8.16. The molecule has 14 heavy (non-hydrogen) atoms. The van der Waals surface area contributed by atoms with Crippen molar-refractivity contribution < 1.29 is 9.21 Å². The van der Waals surface area contributed by atoms with Crippen molar-refractivity contribution >= 4 is 5.91 Å². The minimum absolute atomic E-state index is 0.101. The Kier molecular flexibility index (Phi) is 2.87. The smallest absolute Gasteiger partial charge is 0.223 e. The Bertz CT molecular complexity index is 292. The summed E-state index contributed by atoms with van der Waals surface area (Å²) in [4.78, 5) is 11.6. The molecule has 3 heteroatoms. The van der Waals surface area contributed by atoms with Gasteiger partial charge in [0.2, 0.25) is 5.91 Å². The summed E-state index contributed by atoms with van der Waals surface area (Å²) in [6.07, 6.45) is 5.60. The van der Waals surface area contributed by atoms with Gasteiger partial charge in [0.1, 0.15) is 5.76 Å². The van der Waals surface area contributed by atoms with Crippen molar-refractivity contribution in [3.05, 3.63) is 24.2 Å². The first kappa shape index (κ1) is 9.31. The fraction of sp³-hybridized carbons (Fsp3) is 0.545. The second-order valence-corrected chi connectivity index (χ2v) is 3.77. The van der Waals surface area contributed by atoms with Gasteiger partial charge < -0.3 is 9.73 Å². The Morgan fingerprint density at radius 3 is 3.21 bits per heavy atom. The number of carbonyl (C=O) groups excluding carboxylic acids is 1. The van der Waals surface area contributed by atoms with Crippen LogP contribution in [0.5, 0.6) is 0 Å². The van der Waals surface area contributed by atoms with Crippen molar-refractivity contribution in [2.45, 2.75) is 25.7 Å². The normalized spacial score (nSPS) is 22.9. The topological polar surface area (TPSA) is 42.2 Å². The van der Waals surface area contributed by atoms with Crippen LogP contribution in [-0.4, -0.2) is 12.5 Å². The number of furan rings is 1. The van der Waals surface area contributed by atoms with E-state index in [4.69, 9.17) is 4.42 Å². The summed E-state index contributed by atoms with van der Waals surface area (Å²) in [5.41, 5.74) is 0. The molecule has 1 aromatic heterocycles.